The molecule has 0 aliphatic heterocycles. The van der Waals surface area contributed by atoms with E-state index in [-0.39, 0.29) is 5.69 Å². The van der Waals surface area contributed by atoms with E-state index >= 15 is 0 Å². The molecule has 0 saturated heterocycles. The van der Waals surface area contributed by atoms with Crippen molar-refractivity contribution in [2.75, 3.05) is 6.61 Å². The Bertz CT molecular complexity index is 677. The van der Waals surface area contributed by atoms with E-state index < -0.39 is 4.92 Å². The number of hydrogen-bond donors (Lipinski definition) is 1. The van der Waals surface area contributed by atoms with Crippen molar-refractivity contribution >= 4 is 17.9 Å². The summed E-state index contributed by atoms with van der Waals surface area (Å²) in [4.78, 5) is 10.3. The van der Waals surface area contributed by atoms with Gasteiger partial charge >= 0.3 is 0 Å². The molecule has 1 aromatic carbocycles. The highest BCUT2D eigenvalue weighted by Gasteiger charge is 2.16. The molecule has 0 saturated carbocycles. The summed E-state index contributed by atoms with van der Waals surface area (Å²) in [7, 11) is 1.76. The molecule has 0 bridgehead atoms. The van der Waals surface area contributed by atoms with Crippen molar-refractivity contribution in [3.63, 3.8) is 0 Å². The number of rotatable bonds is 4. The molecule has 0 aliphatic carbocycles. The third-order valence-electron chi connectivity index (χ3n) is 2.60. The Morgan fingerprint density at radius 1 is 1.58 bits per heavy atom. The maximum Gasteiger partial charge on any atom is 0.273 e. The highest BCUT2D eigenvalue weighted by atomic mass is 32.1. The Kier molecular flexibility index (Phi) is 3.61. The summed E-state index contributed by atoms with van der Waals surface area (Å²) < 4.78 is 7.59. The Labute approximate surface area is 114 Å². The zero-order valence-corrected chi connectivity index (χ0v) is 11.2. The lowest BCUT2D eigenvalue weighted by molar-refractivity contribution is -0.384. The fourth-order valence-electron chi connectivity index (χ4n) is 1.67. The lowest BCUT2D eigenvalue weighted by Crippen LogP contribution is -1.99. The van der Waals surface area contributed by atoms with Gasteiger partial charge < -0.3 is 9.30 Å². The first-order chi connectivity index (χ1) is 9.04. The van der Waals surface area contributed by atoms with Gasteiger partial charge in [-0.3, -0.25) is 15.2 Å². The molecule has 7 nitrogen and oxygen atoms in total. The van der Waals surface area contributed by atoms with E-state index in [2.05, 4.69) is 10.2 Å². The molecule has 0 radical (unpaired) electrons. The lowest BCUT2D eigenvalue weighted by atomic mass is 10.1. The minimum Gasteiger partial charge on any atom is -0.493 e. The van der Waals surface area contributed by atoms with Crippen LogP contribution in [-0.4, -0.2) is 26.3 Å². The number of ether oxygens (including phenoxy) is 1. The first kappa shape index (κ1) is 13.2. The van der Waals surface area contributed by atoms with Crippen LogP contribution in [0.5, 0.6) is 5.75 Å². The number of hydrogen-bond acceptors (Lipinski definition) is 5. The summed E-state index contributed by atoms with van der Waals surface area (Å²) >= 11 is 5.05. The molecule has 1 heterocycles. The second kappa shape index (κ2) is 5.19. The van der Waals surface area contributed by atoms with Crippen molar-refractivity contribution in [2.45, 2.75) is 6.92 Å². The number of nitro benzene ring substituents is 1. The van der Waals surface area contributed by atoms with Crippen LogP contribution >= 0.6 is 12.2 Å². The summed E-state index contributed by atoms with van der Waals surface area (Å²) in [5.74, 6) is 0.983. The van der Waals surface area contributed by atoms with Crippen LogP contribution in [0.15, 0.2) is 18.2 Å². The van der Waals surface area contributed by atoms with Gasteiger partial charge in [0, 0.05) is 13.1 Å². The zero-order valence-electron chi connectivity index (χ0n) is 10.4. The standard InChI is InChI=1S/C11H12N4O3S/c1-3-18-9-6-7(15(16)17)4-5-8(9)10-12-13-11(19)14(10)2/h4-6H,3H2,1-2H3,(H,13,19). The molecule has 0 atom stereocenters. The number of aromatic nitrogens is 3. The fraction of sp³-hybridized carbons (Fsp3) is 0.273. The van der Waals surface area contributed by atoms with Crippen LogP contribution in [0.1, 0.15) is 6.92 Å². The quantitative estimate of drug-likeness (QED) is 0.528. The van der Waals surface area contributed by atoms with Gasteiger partial charge in [0.15, 0.2) is 10.6 Å². The smallest absolute Gasteiger partial charge is 0.273 e. The Morgan fingerprint density at radius 3 is 2.84 bits per heavy atom. The normalized spacial score (nSPS) is 10.4. The zero-order chi connectivity index (χ0) is 14.0. The molecule has 100 valence electrons. The number of nitrogens with zero attached hydrogens (tertiary/aromatic N) is 3. The van der Waals surface area contributed by atoms with Crippen molar-refractivity contribution in [1.29, 1.82) is 0 Å². The largest absolute Gasteiger partial charge is 0.493 e. The van der Waals surface area contributed by atoms with Crippen LogP contribution < -0.4 is 4.74 Å². The van der Waals surface area contributed by atoms with Crippen LogP contribution in [0, 0.1) is 14.9 Å². The van der Waals surface area contributed by atoms with Crippen LogP contribution in [0.2, 0.25) is 0 Å². The summed E-state index contributed by atoms with van der Waals surface area (Å²) in [6.07, 6.45) is 0. The molecule has 2 rings (SSSR count). The van der Waals surface area contributed by atoms with Crippen LogP contribution in [0.25, 0.3) is 11.4 Å². The molecular formula is C11H12N4O3S. The number of nitrogens with one attached hydrogen (secondary N) is 1. The topological polar surface area (TPSA) is 86.0 Å². The second-order valence-corrected chi connectivity index (χ2v) is 4.17. The number of nitro groups is 1. The van der Waals surface area contributed by atoms with E-state index in [9.17, 15) is 10.1 Å². The van der Waals surface area contributed by atoms with E-state index in [0.717, 1.165) is 0 Å². The van der Waals surface area contributed by atoms with E-state index in [1.54, 1.807) is 17.7 Å². The van der Waals surface area contributed by atoms with Gasteiger partial charge in [0.25, 0.3) is 5.69 Å². The second-order valence-electron chi connectivity index (χ2n) is 3.78. The van der Waals surface area contributed by atoms with Gasteiger partial charge in [-0.1, -0.05) is 0 Å². The number of non-ortho nitro benzene ring substituents is 1. The third-order valence-corrected chi connectivity index (χ3v) is 2.96. The summed E-state index contributed by atoms with van der Waals surface area (Å²) in [5, 5.41) is 17.5. The predicted octanol–water partition coefficient (Wildman–Crippen LogP) is 2.45. The molecule has 0 spiro atoms. The average molecular weight is 280 g/mol. The molecule has 0 aliphatic rings. The van der Waals surface area contributed by atoms with Crippen molar-refractivity contribution in [3.8, 4) is 17.1 Å². The summed E-state index contributed by atoms with van der Waals surface area (Å²) in [6.45, 7) is 2.22. The van der Waals surface area contributed by atoms with Gasteiger partial charge in [0.1, 0.15) is 5.75 Å². The molecule has 8 heteroatoms. The maximum absolute atomic E-state index is 10.8. The van der Waals surface area contributed by atoms with Gasteiger partial charge in [-0.25, -0.2) is 0 Å². The Balaban J connectivity index is 2.59. The molecule has 0 unspecified atom stereocenters. The number of aromatic amines is 1. The Hall–Kier alpha value is -2.22. The highest BCUT2D eigenvalue weighted by Crippen LogP contribution is 2.32. The molecule has 1 N–H and O–H groups in total. The average Bonchev–Trinajstić information content (AvgIpc) is 2.70. The number of benzene rings is 1. The molecule has 0 amide bonds. The monoisotopic (exact) mass is 280 g/mol. The third kappa shape index (κ3) is 2.48. The first-order valence-corrected chi connectivity index (χ1v) is 5.98. The van der Waals surface area contributed by atoms with Crippen LogP contribution in [0.4, 0.5) is 5.69 Å². The van der Waals surface area contributed by atoms with Crippen LogP contribution in [0.3, 0.4) is 0 Å². The highest BCUT2D eigenvalue weighted by molar-refractivity contribution is 7.71. The van der Waals surface area contributed by atoms with Crippen molar-refractivity contribution in [2.24, 2.45) is 7.05 Å². The number of H-pyrrole nitrogens is 1. The van der Waals surface area contributed by atoms with Gasteiger partial charge in [-0.15, -0.1) is 0 Å². The minimum atomic E-state index is -0.463. The van der Waals surface area contributed by atoms with Gasteiger partial charge in [0.2, 0.25) is 0 Å². The Morgan fingerprint density at radius 2 is 2.32 bits per heavy atom. The van der Waals surface area contributed by atoms with Crippen LogP contribution in [-0.2, 0) is 7.05 Å². The molecule has 19 heavy (non-hydrogen) atoms. The van der Waals surface area contributed by atoms with Gasteiger partial charge in [0.05, 0.1) is 23.2 Å². The first-order valence-electron chi connectivity index (χ1n) is 5.57. The fourth-order valence-corrected chi connectivity index (χ4v) is 1.80. The maximum atomic E-state index is 10.8. The molecule has 1 aromatic heterocycles. The van der Waals surface area contributed by atoms with Crippen molar-refractivity contribution < 1.29 is 9.66 Å². The summed E-state index contributed by atoms with van der Waals surface area (Å²) in [5.41, 5.74) is 0.631. The minimum absolute atomic E-state index is 0.0241. The molecule has 2 aromatic rings. The van der Waals surface area contributed by atoms with Gasteiger partial charge in [-0.05, 0) is 25.2 Å². The summed E-state index contributed by atoms with van der Waals surface area (Å²) in [6, 6.07) is 4.40. The van der Waals surface area contributed by atoms with Crippen molar-refractivity contribution in [1.82, 2.24) is 14.8 Å². The van der Waals surface area contributed by atoms with Gasteiger partial charge in [-0.2, -0.15) is 5.10 Å². The van der Waals surface area contributed by atoms with E-state index in [4.69, 9.17) is 17.0 Å². The van der Waals surface area contributed by atoms with E-state index in [0.29, 0.717) is 28.5 Å². The van der Waals surface area contributed by atoms with E-state index in [1.165, 1.54) is 12.1 Å². The lowest BCUT2D eigenvalue weighted by Gasteiger charge is -2.09. The molecular weight excluding hydrogens is 268 g/mol. The van der Waals surface area contributed by atoms with Crippen molar-refractivity contribution in [3.05, 3.63) is 33.1 Å². The predicted molar refractivity (Wildman–Crippen MR) is 71.7 cm³/mol. The SMILES string of the molecule is CCOc1cc([N+](=O)[O-])ccc1-c1n[nH]c(=S)n1C. The van der Waals surface area contributed by atoms with E-state index in [1.807, 2.05) is 6.92 Å². The molecule has 0 fully saturated rings.